The largest absolute Gasteiger partial charge is 0.323 e. The molecule has 1 aromatic carbocycles. The Morgan fingerprint density at radius 2 is 1.76 bits per heavy atom. The minimum Gasteiger partial charge on any atom is -0.323 e. The smallest absolute Gasteiger partial charge is 0.265 e. The lowest BCUT2D eigenvalue weighted by Crippen LogP contribution is -2.18. The Morgan fingerprint density at radius 1 is 1.14 bits per heavy atom. The zero-order valence-electron chi connectivity index (χ0n) is 10.3. The summed E-state index contributed by atoms with van der Waals surface area (Å²) in [7, 11) is -4.21. The fourth-order valence-electron chi connectivity index (χ4n) is 1.54. The molecule has 0 atom stereocenters. The summed E-state index contributed by atoms with van der Waals surface area (Å²) in [5, 5.41) is 0. The number of halogens is 3. The highest BCUT2D eigenvalue weighted by Crippen LogP contribution is 2.24. The van der Waals surface area contributed by atoms with Gasteiger partial charge in [-0.2, -0.15) is 0 Å². The van der Waals surface area contributed by atoms with Crippen LogP contribution >= 0.6 is 0 Å². The van der Waals surface area contributed by atoms with Crippen molar-refractivity contribution in [1.29, 1.82) is 0 Å². The number of benzene rings is 1. The van der Waals surface area contributed by atoms with E-state index in [1.54, 1.807) is 0 Å². The summed E-state index contributed by atoms with van der Waals surface area (Å²) < 4.78 is 65.1. The Kier molecular flexibility index (Phi) is 4.00. The molecule has 0 saturated carbocycles. The van der Waals surface area contributed by atoms with Gasteiger partial charge in [0.1, 0.15) is 4.90 Å². The lowest BCUT2D eigenvalue weighted by Gasteiger charge is -2.11. The summed E-state index contributed by atoms with van der Waals surface area (Å²) in [6.07, 6.45) is 2.29. The number of hydrazine groups is 1. The first kappa shape index (κ1) is 15.1. The van der Waals surface area contributed by atoms with Crippen LogP contribution in [0.1, 0.15) is 0 Å². The van der Waals surface area contributed by atoms with E-state index in [0.29, 0.717) is 12.1 Å². The van der Waals surface area contributed by atoms with Gasteiger partial charge in [-0.15, -0.1) is 0 Å². The Balaban J connectivity index is 2.42. The molecule has 0 saturated heterocycles. The number of aromatic nitrogens is 1. The molecule has 0 aliphatic heterocycles. The standard InChI is InChI=1S/C11H9F3N4O2S/c12-7-3-6(4-8(13)11(7)14)18-21(19,20)10-5-16-2-1-9(10)17-15/h1-5,18H,15H2,(H,16,17). The summed E-state index contributed by atoms with van der Waals surface area (Å²) in [5.74, 6) is 0.443. The number of hydrogen-bond donors (Lipinski definition) is 3. The summed E-state index contributed by atoms with van der Waals surface area (Å²) >= 11 is 0. The molecule has 6 nitrogen and oxygen atoms in total. The lowest BCUT2D eigenvalue weighted by molar-refractivity contribution is 0.448. The number of nitrogens with zero attached hydrogens (tertiary/aromatic N) is 1. The molecule has 4 N–H and O–H groups in total. The van der Waals surface area contributed by atoms with E-state index < -0.39 is 33.2 Å². The molecule has 112 valence electrons. The maximum Gasteiger partial charge on any atom is 0.265 e. The van der Waals surface area contributed by atoms with Crippen LogP contribution in [-0.4, -0.2) is 13.4 Å². The monoisotopic (exact) mass is 318 g/mol. The van der Waals surface area contributed by atoms with E-state index in [0.717, 1.165) is 6.20 Å². The molecule has 1 heterocycles. The molecule has 2 aromatic rings. The van der Waals surface area contributed by atoms with E-state index in [2.05, 4.69) is 10.4 Å². The summed E-state index contributed by atoms with van der Waals surface area (Å²) in [4.78, 5) is 3.29. The van der Waals surface area contributed by atoms with Crippen molar-refractivity contribution < 1.29 is 21.6 Å². The third-order valence-corrected chi connectivity index (χ3v) is 3.87. The maximum atomic E-state index is 13.1. The lowest BCUT2D eigenvalue weighted by atomic mass is 10.3. The molecule has 1 aromatic heterocycles. The third-order valence-electron chi connectivity index (χ3n) is 2.47. The maximum absolute atomic E-state index is 13.1. The molecule has 0 aliphatic carbocycles. The number of nitrogen functional groups attached to an aromatic ring is 1. The highest BCUT2D eigenvalue weighted by molar-refractivity contribution is 7.92. The molecule has 0 unspecified atom stereocenters. The van der Waals surface area contributed by atoms with Gasteiger partial charge in [0.05, 0.1) is 11.4 Å². The van der Waals surface area contributed by atoms with E-state index in [1.165, 1.54) is 12.3 Å². The first-order valence-corrected chi connectivity index (χ1v) is 6.91. The molecule has 10 heteroatoms. The molecule has 21 heavy (non-hydrogen) atoms. The Labute approximate surface area is 117 Å². The quantitative estimate of drug-likeness (QED) is 0.452. The first-order chi connectivity index (χ1) is 9.85. The van der Waals surface area contributed by atoms with E-state index in [9.17, 15) is 21.6 Å². The van der Waals surface area contributed by atoms with Crippen molar-refractivity contribution in [3.63, 3.8) is 0 Å². The van der Waals surface area contributed by atoms with E-state index >= 15 is 0 Å². The van der Waals surface area contributed by atoms with Gasteiger partial charge in [-0.3, -0.25) is 15.5 Å². The van der Waals surface area contributed by atoms with Crippen LogP contribution in [0, 0.1) is 17.5 Å². The Hall–Kier alpha value is -2.33. The van der Waals surface area contributed by atoms with Crippen molar-refractivity contribution in [2.75, 3.05) is 10.1 Å². The predicted octanol–water partition coefficient (Wildman–Crippen LogP) is 1.59. The minimum atomic E-state index is -4.21. The minimum absolute atomic E-state index is 0.0283. The van der Waals surface area contributed by atoms with Gasteiger partial charge in [-0.1, -0.05) is 0 Å². The van der Waals surface area contributed by atoms with Gasteiger partial charge in [-0.05, 0) is 6.07 Å². The summed E-state index contributed by atoms with van der Waals surface area (Å²) in [6, 6.07) is 2.32. The van der Waals surface area contributed by atoms with Crippen LogP contribution in [-0.2, 0) is 10.0 Å². The molecule has 0 fully saturated rings. The van der Waals surface area contributed by atoms with Gasteiger partial charge in [0.2, 0.25) is 0 Å². The van der Waals surface area contributed by atoms with Crippen molar-refractivity contribution >= 4 is 21.4 Å². The number of hydrogen-bond acceptors (Lipinski definition) is 5. The SMILES string of the molecule is NNc1ccncc1S(=O)(=O)Nc1cc(F)c(F)c(F)c1. The zero-order valence-corrected chi connectivity index (χ0v) is 11.1. The highest BCUT2D eigenvalue weighted by atomic mass is 32.2. The molecular formula is C11H9F3N4O2S. The first-order valence-electron chi connectivity index (χ1n) is 5.43. The van der Waals surface area contributed by atoms with Crippen LogP contribution in [0.25, 0.3) is 0 Å². The van der Waals surface area contributed by atoms with E-state index in [4.69, 9.17) is 5.84 Å². The third kappa shape index (κ3) is 3.06. The van der Waals surface area contributed by atoms with Crippen molar-refractivity contribution in [3.05, 3.63) is 48.0 Å². The van der Waals surface area contributed by atoms with Crippen molar-refractivity contribution in [2.45, 2.75) is 4.90 Å². The number of anilines is 2. The normalized spacial score (nSPS) is 11.2. The van der Waals surface area contributed by atoms with Gasteiger partial charge in [-0.25, -0.2) is 21.6 Å². The Morgan fingerprint density at radius 3 is 2.33 bits per heavy atom. The van der Waals surface area contributed by atoms with Crippen LogP contribution in [0.2, 0.25) is 0 Å². The number of pyridine rings is 1. The fraction of sp³-hybridized carbons (Fsp3) is 0. The van der Waals surface area contributed by atoms with Gasteiger partial charge < -0.3 is 5.43 Å². The van der Waals surface area contributed by atoms with E-state index in [1.807, 2.05) is 4.72 Å². The molecular weight excluding hydrogens is 309 g/mol. The summed E-state index contributed by atoms with van der Waals surface area (Å²) in [6.45, 7) is 0. The van der Waals surface area contributed by atoms with E-state index in [-0.39, 0.29) is 10.6 Å². The molecule has 2 rings (SSSR count). The van der Waals surface area contributed by atoms with Crippen molar-refractivity contribution in [1.82, 2.24) is 4.98 Å². The number of sulfonamides is 1. The predicted molar refractivity (Wildman–Crippen MR) is 69.2 cm³/mol. The van der Waals surface area contributed by atoms with Crippen LogP contribution in [0.3, 0.4) is 0 Å². The van der Waals surface area contributed by atoms with Gasteiger partial charge >= 0.3 is 0 Å². The second-order valence-corrected chi connectivity index (χ2v) is 5.53. The molecule has 0 aliphatic rings. The van der Waals surface area contributed by atoms with Crippen molar-refractivity contribution in [2.24, 2.45) is 5.84 Å². The molecule has 0 radical (unpaired) electrons. The fourth-order valence-corrected chi connectivity index (χ4v) is 2.69. The average molecular weight is 318 g/mol. The average Bonchev–Trinajstić information content (AvgIpc) is 2.44. The van der Waals surface area contributed by atoms with Crippen LogP contribution < -0.4 is 16.0 Å². The molecule has 0 bridgehead atoms. The molecule has 0 amide bonds. The van der Waals surface area contributed by atoms with Gasteiger partial charge in [0, 0.05) is 24.5 Å². The number of nitrogens with two attached hydrogens (primary N) is 1. The van der Waals surface area contributed by atoms with Crippen molar-refractivity contribution in [3.8, 4) is 0 Å². The summed E-state index contributed by atoms with van der Waals surface area (Å²) in [5.41, 5.74) is 1.71. The zero-order chi connectivity index (χ0) is 15.6. The topological polar surface area (TPSA) is 97.1 Å². The Bertz CT molecular complexity index is 760. The second kappa shape index (κ2) is 5.58. The number of rotatable bonds is 4. The second-order valence-electron chi connectivity index (χ2n) is 3.88. The van der Waals surface area contributed by atoms with Gasteiger partial charge in [0.25, 0.3) is 10.0 Å². The van der Waals surface area contributed by atoms with Gasteiger partial charge in [0.15, 0.2) is 17.5 Å². The molecule has 0 spiro atoms. The van der Waals surface area contributed by atoms with Crippen LogP contribution in [0.4, 0.5) is 24.5 Å². The highest BCUT2D eigenvalue weighted by Gasteiger charge is 2.20. The van der Waals surface area contributed by atoms with Crippen LogP contribution in [0.5, 0.6) is 0 Å². The number of nitrogens with one attached hydrogen (secondary N) is 2. The van der Waals surface area contributed by atoms with Crippen LogP contribution in [0.15, 0.2) is 35.5 Å².